The summed E-state index contributed by atoms with van der Waals surface area (Å²) in [6.07, 6.45) is 1.69. The fourth-order valence-corrected chi connectivity index (χ4v) is 6.36. The molecule has 9 nitrogen and oxygen atoms in total. The van der Waals surface area contributed by atoms with E-state index in [1.807, 2.05) is 38.1 Å². The summed E-state index contributed by atoms with van der Waals surface area (Å²) in [6.45, 7) is 3.80. The zero-order valence-electron chi connectivity index (χ0n) is 19.9. The number of rotatable bonds is 9. The van der Waals surface area contributed by atoms with Crippen LogP contribution in [0.1, 0.15) is 55.8 Å². The number of hydrogen-bond acceptors (Lipinski definition) is 8. The highest BCUT2D eigenvalue weighted by atomic mass is 32.2. The van der Waals surface area contributed by atoms with Crippen molar-refractivity contribution in [2.45, 2.75) is 51.7 Å². The molecule has 1 aromatic heterocycles. The van der Waals surface area contributed by atoms with Crippen LogP contribution in [0.4, 0.5) is 0 Å². The summed E-state index contributed by atoms with van der Waals surface area (Å²) in [5, 5.41) is 28.5. The standard InChI is InChI=1S/C25H26N4O5S2/c1-15(2)34-22-10-9-16(13-17(22)14-26)24-27-28-25(35-24)20-7-3-6-19-18(20)5-4-8-21(19)29-36(32,33)12-11-23(30)31/h3,6-7,9-10,13,15,21,29H,4-5,8,11-12H2,1-2H3,(H,30,31). The van der Waals surface area contributed by atoms with Gasteiger partial charge in [-0.2, -0.15) is 5.26 Å². The molecule has 0 bridgehead atoms. The molecule has 4 rings (SSSR count). The SMILES string of the molecule is CC(C)Oc1ccc(-c2nnc(-c3cccc4c3CCCC4NS(=O)(=O)CCC(=O)O)s2)cc1C#N. The lowest BCUT2D eigenvalue weighted by atomic mass is 9.85. The summed E-state index contributed by atoms with van der Waals surface area (Å²) in [5.41, 5.74) is 3.96. The predicted molar refractivity (Wildman–Crippen MR) is 136 cm³/mol. The Morgan fingerprint density at radius 3 is 2.78 bits per heavy atom. The second-order valence-corrected chi connectivity index (χ2v) is 11.7. The van der Waals surface area contributed by atoms with Gasteiger partial charge in [-0.25, -0.2) is 13.1 Å². The van der Waals surface area contributed by atoms with Gasteiger partial charge in [-0.1, -0.05) is 29.5 Å². The van der Waals surface area contributed by atoms with Crippen molar-refractivity contribution in [2.75, 3.05) is 5.75 Å². The van der Waals surface area contributed by atoms with E-state index in [1.54, 1.807) is 12.1 Å². The first kappa shape index (κ1) is 25.8. The Morgan fingerprint density at radius 2 is 2.06 bits per heavy atom. The molecule has 1 aliphatic carbocycles. The number of nitrogens with zero attached hydrogens (tertiary/aromatic N) is 3. The molecule has 0 amide bonds. The van der Waals surface area contributed by atoms with Crippen LogP contribution in [0.3, 0.4) is 0 Å². The lowest BCUT2D eigenvalue weighted by molar-refractivity contribution is -0.136. The number of carboxylic acid groups (broad SMARTS) is 1. The molecule has 1 atom stereocenters. The minimum atomic E-state index is -3.74. The van der Waals surface area contributed by atoms with Crippen molar-refractivity contribution in [3.8, 4) is 33.0 Å². The molecule has 2 aromatic carbocycles. The number of carboxylic acids is 1. The Labute approximate surface area is 213 Å². The maximum absolute atomic E-state index is 12.4. The average Bonchev–Trinajstić information content (AvgIpc) is 3.32. The average molecular weight is 527 g/mol. The first-order valence-corrected chi connectivity index (χ1v) is 14.0. The third-order valence-electron chi connectivity index (χ3n) is 5.78. The molecule has 1 unspecified atom stereocenters. The Balaban J connectivity index is 1.62. The summed E-state index contributed by atoms with van der Waals surface area (Å²) >= 11 is 1.40. The van der Waals surface area contributed by atoms with Crippen molar-refractivity contribution in [3.63, 3.8) is 0 Å². The monoisotopic (exact) mass is 526 g/mol. The third kappa shape index (κ3) is 5.90. The summed E-state index contributed by atoms with van der Waals surface area (Å²) in [5.74, 6) is -1.09. The van der Waals surface area contributed by atoms with Gasteiger partial charge in [0.1, 0.15) is 21.8 Å². The van der Waals surface area contributed by atoms with Gasteiger partial charge in [-0.3, -0.25) is 4.79 Å². The van der Waals surface area contributed by atoms with E-state index >= 15 is 0 Å². The van der Waals surface area contributed by atoms with Crippen molar-refractivity contribution in [3.05, 3.63) is 53.1 Å². The van der Waals surface area contributed by atoms with E-state index in [9.17, 15) is 18.5 Å². The number of fused-ring (bicyclic) bond motifs is 1. The number of ether oxygens (including phenoxy) is 1. The van der Waals surface area contributed by atoms with Gasteiger partial charge in [-0.15, -0.1) is 10.2 Å². The highest BCUT2D eigenvalue weighted by Crippen LogP contribution is 2.39. The molecule has 1 heterocycles. The molecule has 0 spiro atoms. The van der Waals surface area contributed by atoms with E-state index in [1.165, 1.54) is 11.3 Å². The number of nitriles is 1. The first-order chi connectivity index (χ1) is 17.2. The molecule has 0 saturated carbocycles. The van der Waals surface area contributed by atoms with E-state index in [-0.39, 0.29) is 6.10 Å². The molecule has 0 saturated heterocycles. The van der Waals surface area contributed by atoms with Gasteiger partial charge in [0, 0.05) is 17.2 Å². The first-order valence-electron chi connectivity index (χ1n) is 11.6. The van der Waals surface area contributed by atoms with Gasteiger partial charge >= 0.3 is 5.97 Å². The summed E-state index contributed by atoms with van der Waals surface area (Å²) in [4.78, 5) is 10.8. The maximum atomic E-state index is 12.4. The van der Waals surface area contributed by atoms with E-state index < -0.39 is 34.2 Å². The number of benzene rings is 2. The number of aliphatic carboxylic acids is 1. The third-order valence-corrected chi connectivity index (χ3v) is 8.17. The highest BCUT2D eigenvalue weighted by Gasteiger charge is 2.27. The number of hydrogen-bond donors (Lipinski definition) is 2. The maximum Gasteiger partial charge on any atom is 0.304 e. The summed E-state index contributed by atoms with van der Waals surface area (Å²) in [6, 6.07) is 12.8. The minimum absolute atomic E-state index is 0.0502. The van der Waals surface area contributed by atoms with E-state index in [4.69, 9.17) is 9.84 Å². The molecule has 1 aliphatic rings. The van der Waals surface area contributed by atoms with Gasteiger partial charge in [0.15, 0.2) is 0 Å². The molecule has 188 valence electrons. The lowest BCUT2D eigenvalue weighted by Gasteiger charge is -2.27. The minimum Gasteiger partial charge on any atom is -0.490 e. The van der Waals surface area contributed by atoms with Crippen LogP contribution in [-0.2, 0) is 21.2 Å². The van der Waals surface area contributed by atoms with E-state index in [0.29, 0.717) is 27.7 Å². The lowest BCUT2D eigenvalue weighted by Crippen LogP contribution is -2.33. The van der Waals surface area contributed by atoms with Gasteiger partial charge in [0.05, 0.1) is 23.8 Å². The van der Waals surface area contributed by atoms with Crippen LogP contribution in [0.5, 0.6) is 5.75 Å². The number of sulfonamides is 1. The van der Waals surface area contributed by atoms with Gasteiger partial charge < -0.3 is 9.84 Å². The molecule has 0 aliphatic heterocycles. The number of aromatic nitrogens is 2. The van der Waals surface area contributed by atoms with E-state index in [2.05, 4.69) is 21.0 Å². The van der Waals surface area contributed by atoms with E-state index in [0.717, 1.165) is 35.1 Å². The highest BCUT2D eigenvalue weighted by molar-refractivity contribution is 7.89. The zero-order valence-corrected chi connectivity index (χ0v) is 21.5. The van der Waals surface area contributed by atoms with Gasteiger partial charge in [-0.05, 0) is 62.4 Å². The van der Waals surface area contributed by atoms with Crippen LogP contribution in [0.15, 0.2) is 36.4 Å². The smallest absolute Gasteiger partial charge is 0.304 e. The molecule has 2 N–H and O–H groups in total. The second-order valence-electron chi connectivity index (χ2n) is 8.80. The van der Waals surface area contributed by atoms with Crippen molar-refractivity contribution < 1.29 is 23.1 Å². The van der Waals surface area contributed by atoms with Crippen LogP contribution in [0.2, 0.25) is 0 Å². The molecular weight excluding hydrogens is 500 g/mol. The van der Waals surface area contributed by atoms with Crippen molar-refractivity contribution in [1.29, 1.82) is 5.26 Å². The molecule has 0 radical (unpaired) electrons. The molecule has 3 aromatic rings. The van der Waals surface area contributed by atoms with Crippen LogP contribution in [0.25, 0.3) is 21.1 Å². The molecule has 11 heteroatoms. The largest absolute Gasteiger partial charge is 0.490 e. The fraction of sp³-hybridized carbons (Fsp3) is 0.360. The zero-order chi connectivity index (χ0) is 25.9. The summed E-state index contributed by atoms with van der Waals surface area (Å²) in [7, 11) is -3.74. The normalized spacial score (nSPS) is 15.3. The molecule has 36 heavy (non-hydrogen) atoms. The Hall–Kier alpha value is -3.33. The quantitative estimate of drug-likeness (QED) is 0.420. The number of carbonyl (C=O) groups is 1. The predicted octanol–water partition coefficient (Wildman–Crippen LogP) is 4.30. The van der Waals surface area contributed by atoms with Crippen LogP contribution in [0, 0.1) is 11.3 Å². The Bertz CT molecular complexity index is 1430. The van der Waals surface area contributed by atoms with Crippen molar-refractivity contribution in [1.82, 2.24) is 14.9 Å². The second kappa shape index (κ2) is 10.7. The molecular formula is C25H26N4O5S2. The Morgan fingerprint density at radius 1 is 1.28 bits per heavy atom. The fourth-order valence-electron chi connectivity index (χ4n) is 4.22. The van der Waals surface area contributed by atoms with Crippen molar-refractivity contribution in [2.24, 2.45) is 0 Å². The molecule has 0 fully saturated rings. The summed E-state index contributed by atoms with van der Waals surface area (Å²) < 4.78 is 33.3. The van der Waals surface area contributed by atoms with Gasteiger partial charge in [0.2, 0.25) is 10.0 Å². The van der Waals surface area contributed by atoms with Crippen molar-refractivity contribution >= 4 is 27.3 Å². The number of nitrogens with one attached hydrogen (secondary N) is 1. The topological polar surface area (TPSA) is 142 Å². The van der Waals surface area contributed by atoms with Crippen LogP contribution < -0.4 is 9.46 Å². The van der Waals surface area contributed by atoms with Crippen LogP contribution in [-0.4, -0.2) is 41.5 Å². The Kier molecular flexibility index (Phi) is 7.68. The van der Waals surface area contributed by atoms with Gasteiger partial charge in [0.25, 0.3) is 0 Å². The van der Waals surface area contributed by atoms with Crippen LogP contribution >= 0.6 is 11.3 Å².